The molecule has 0 radical (unpaired) electrons. The Labute approximate surface area is 123 Å². The average Bonchev–Trinajstić information content (AvgIpc) is 2.88. The summed E-state index contributed by atoms with van der Waals surface area (Å²) in [7, 11) is 0. The summed E-state index contributed by atoms with van der Waals surface area (Å²) >= 11 is 0. The van der Waals surface area contributed by atoms with Gasteiger partial charge in [-0.05, 0) is 38.5 Å². The maximum Gasteiger partial charge on any atom is 0.138 e. The number of rotatable bonds is 6. The highest BCUT2D eigenvalue weighted by molar-refractivity contribution is 4.93. The fraction of sp³-hybridized carbons (Fsp3) is 0.875. The van der Waals surface area contributed by atoms with Crippen LogP contribution in [0.5, 0.6) is 0 Å². The maximum absolute atomic E-state index is 6.45. The Kier molecular flexibility index (Phi) is 5.58. The lowest BCUT2D eigenvalue weighted by molar-refractivity contribution is 0.230. The molecule has 1 saturated carbocycles. The third-order valence-corrected chi connectivity index (χ3v) is 4.75. The third kappa shape index (κ3) is 3.81. The molecule has 2 rings (SSSR count). The lowest BCUT2D eigenvalue weighted by Gasteiger charge is -2.32. The Morgan fingerprint density at radius 2 is 2.00 bits per heavy atom. The molecule has 1 aromatic heterocycles. The van der Waals surface area contributed by atoms with Crippen molar-refractivity contribution in [3.63, 3.8) is 0 Å². The van der Waals surface area contributed by atoms with E-state index in [1.165, 1.54) is 38.5 Å². The average molecular weight is 278 g/mol. The van der Waals surface area contributed by atoms with Crippen LogP contribution in [0.2, 0.25) is 0 Å². The first kappa shape index (κ1) is 15.5. The number of hydrogen-bond donors (Lipinski definition) is 1. The van der Waals surface area contributed by atoms with E-state index in [-0.39, 0.29) is 6.04 Å². The van der Waals surface area contributed by atoms with E-state index in [4.69, 9.17) is 5.73 Å². The second-order valence-electron chi connectivity index (χ2n) is 6.65. The van der Waals surface area contributed by atoms with Crippen LogP contribution in [-0.2, 0) is 6.42 Å². The highest BCUT2D eigenvalue weighted by Crippen LogP contribution is 2.33. The van der Waals surface area contributed by atoms with Crippen LogP contribution in [0.3, 0.4) is 0 Å². The van der Waals surface area contributed by atoms with Crippen molar-refractivity contribution in [2.24, 2.45) is 17.6 Å². The predicted molar refractivity (Wildman–Crippen MR) is 82.4 cm³/mol. The Morgan fingerprint density at radius 1 is 1.30 bits per heavy atom. The molecular weight excluding hydrogens is 248 g/mol. The van der Waals surface area contributed by atoms with E-state index in [2.05, 4.69) is 30.9 Å². The summed E-state index contributed by atoms with van der Waals surface area (Å²) in [6.45, 7) is 6.57. The van der Waals surface area contributed by atoms with Crippen molar-refractivity contribution in [1.29, 1.82) is 0 Å². The second kappa shape index (κ2) is 7.21. The van der Waals surface area contributed by atoms with E-state index >= 15 is 0 Å². The number of nitrogens with zero attached hydrogens (tertiary/aromatic N) is 3. The van der Waals surface area contributed by atoms with Gasteiger partial charge in [-0.25, -0.2) is 9.67 Å². The van der Waals surface area contributed by atoms with Crippen molar-refractivity contribution in [2.45, 2.75) is 77.8 Å². The smallest absolute Gasteiger partial charge is 0.138 e. The van der Waals surface area contributed by atoms with E-state index in [1.54, 1.807) is 6.33 Å². The number of aromatic nitrogens is 3. The highest BCUT2D eigenvalue weighted by Gasteiger charge is 2.26. The first-order chi connectivity index (χ1) is 9.61. The predicted octanol–water partition coefficient (Wildman–Crippen LogP) is 3.34. The molecule has 114 valence electrons. The van der Waals surface area contributed by atoms with Crippen molar-refractivity contribution >= 4 is 0 Å². The van der Waals surface area contributed by atoms with Gasteiger partial charge in [0, 0.05) is 18.5 Å². The van der Waals surface area contributed by atoms with Crippen molar-refractivity contribution in [3.8, 4) is 0 Å². The van der Waals surface area contributed by atoms with Crippen LogP contribution in [-0.4, -0.2) is 20.8 Å². The lowest BCUT2D eigenvalue weighted by atomic mass is 9.76. The molecule has 0 aliphatic heterocycles. The SMILES string of the molecule is CCCC1CCC(C(N)Cc2ncnn2C(C)C)CC1. The van der Waals surface area contributed by atoms with Gasteiger partial charge in [-0.3, -0.25) is 0 Å². The van der Waals surface area contributed by atoms with Crippen LogP contribution in [0.25, 0.3) is 0 Å². The summed E-state index contributed by atoms with van der Waals surface area (Å²) in [6, 6.07) is 0.597. The normalized spacial score (nSPS) is 25.1. The molecule has 0 bridgehead atoms. The van der Waals surface area contributed by atoms with Gasteiger partial charge in [0.15, 0.2) is 0 Å². The molecule has 0 saturated heterocycles. The van der Waals surface area contributed by atoms with Gasteiger partial charge in [0.2, 0.25) is 0 Å². The van der Waals surface area contributed by atoms with Crippen LogP contribution in [0.15, 0.2) is 6.33 Å². The molecule has 1 aliphatic carbocycles. The van der Waals surface area contributed by atoms with Gasteiger partial charge in [-0.15, -0.1) is 0 Å². The second-order valence-corrected chi connectivity index (χ2v) is 6.65. The Morgan fingerprint density at radius 3 is 2.60 bits per heavy atom. The summed E-state index contributed by atoms with van der Waals surface area (Å²) in [5.41, 5.74) is 6.45. The summed E-state index contributed by atoms with van der Waals surface area (Å²) in [5.74, 6) is 2.66. The van der Waals surface area contributed by atoms with Crippen molar-refractivity contribution < 1.29 is 0 Å². The molecule has 1 fully saturated rings. The molecule has 1 aliphatic rings. The lowest BCUT2D eigenvalue weighted by Crippen LogP contribution is -2.36. The van der Waals surface area contributed by atoms with Crippen LogP contribution >= 0.6 is 0 Å². The molecule has 4 nitrogen and oxygen atoms in total. The molecule has 1 aromatic rings. The quantitative estimate of drug-likeness (QED) is 0.868. The highest BCUT2D eigenvalue weighted by atomic mass is 15.3. The van der Waals surface area contributed by atoms with E-state index in [1.807, 2.05) is 4.68 Å². The molecule has 0 amide bonds. The summed E-state index contributed by atoms with van der Waals surface area (Å²) in [5, 5.41) is 4.30. The van der Waals surface area contributed by atoms with Gasteiger partial charge < -0.3 is 5.73 Å². The number of nitrogens with two attached hydrogens (primary N) is 1. The van der Waals surface area contributed by atoms with Crippen molar-refractivity contribution in [2.75, 3.05) is 0 Å². The Balaban J connectivity index is 1.86. The first-order valence-corrected chi connectivity index (χ1v) is 8.25. The van der Waals surface area contributed by atoms with E-state index in [9.17, 15) is 0 Å². The Bertz CT molecular complexity index is 391. The van der Waals surface area contributed by atoms with E-state index in [0.717, 1.165) is 18.2 Å². The molecule has 20 heavy (non-hydrogen) atoms. The van der Waals surface area contributed by atoms with Gasteiger partial charge in [0.25, 0.3) is 0 Å². The monoisotopic (exact) mass is 278 g/mol. The molecule has 0 aromatic carbocycles. The maximum atomic E-state index is 6.45. The molecule has 4 heteroatoms. The van der Waals surface area contributed by atoms with Gasteiger partial charge >= 0.3 is 0 Å². The fourth-order valence-electron chi connectivity index (χ4n) is 3.54. The summed E-state index contributed by atoms with van der Waals surface area (Å²) in [4.78, 5) is 4.39. The minimum absolute atomic E-state index is 0.235. The standard InChI is InChI=1S/C16H30N4/c1-4-5-13-6-8-14(9-7-13)15(17)10-16-18-11-19-20(16)12(2)3/h11-15H,4-10,17H2,1-3H3. The molecule has 1 unspecified atom stereocenters. The molecule has 0 spiro atoms. The van der Waals surface area contributed by atoms with Gasteiger partial charge in [-0.1, -0.05) is 32.6 Å². The Hall–Kier alpha value is -0.900. The largest absolute Gasteiger partial charge is 0.327 e. The number of hydrogen-bond acceptors (Lipinski definition) is 3. The van der Waals surface area contributed by atoms with Crippen LogP contribution in [0, 0.1) is 11.8 Å². The fourth-order valence-corrected chi connectivity index (χ4v) is 3.54. The van der Waals surface area contributed by atoms with Crippen molar-refractivity contribution in [1.82, 2.24) is 14.8 Å². The zero-order valence-corrected chi connectivity index (χ0v) is 13.3. The van der Waals surface area contributed by atoms with E-state index < -0.39 is 0 Å². The zero-order chi connectivity index (χ0) is 14.5. The minimum Gasteiger partial charge on any atom is -0.327 e. The summed E-state index contributed by atoms with van der Waals surface area (Å²) in [6.07, 6.45) is 10.5. The molecule has 2 N–H and O–H groups in total. The van der Waals surface area contributed by atoms with Crippen molar-refractivity contribution in [3.05, 3.63) is 12.2 Å². The third-order valence-electron chi connectivity index (χ3n) is 4.75. The van der Waals surface area contributed by atoms with Crippen LogP contribution in [0.4, 0.5) is 0 Å². The van der Waals surface area contributed by atoms with Gasteiger partial charge in [0.05, 0.1) is 0 Å². The van der Waals surface area contributed by atoms with Gasteiger partial charge in [0.1, 0.15) is 12.2 Å². The molecule has 1 heterocycles. The van der Waals surface area contributed by atoms with Crippen LogP contribution in [0.1, 0.15) is 71.2 Å². The topological polar surface area (TPSA) is 56.7 Å². The minimum atomic E-state index is 0.235. The van der Waals surface area contributed by atoms with Gasteiger partial charge in [-0.2, -0.15) is 5.10 Å². The van der Waals surface area contributed by atoms with E-state index in [0.29, 0.717) is 12.0 Å². The van der Waals surface area contributed by atoms with Crippen LogP contribution < -0.4 is 5.73 Å². The molecular formula is C16H30N4. The molecule has 1 atom stereocenters. The zero-order valence-electron chi connectivity index (χ0n) is 13.3. The first-order valence-electron chi connectivity index (χ1n) is 8.25. The summed E-state index contributed by atoms with van der Waals surface area (Å²) < 4.78 is 2.00.